The van der Waals surface area contributed by atoms with Gasteiger partial charge in [-0.05, 0) is 57.0 Å². The van der Waals surface area contributed by atoms with Crippen molar-refractivity contribution < 1.29 is 9.15 Å². The van der Waals surface area contributed by atoms with Gasteiger partial charge in [0.2, 0.25) is 0 Å². The van der Waals surface area contributed by atoms with Crippen molar-refractivity contribution in [3.05, 3.63) is 99.1 Å². The van der Waals surface area contributed by atoms with Gasteiger partial charge in [-0.3, -0.25) is 0 Å². The number of H-pyrrole nitrogens is 1. The third kappa shape index (κ3) is 3.36. The Kier molecular flexibility index (Phi) is 5.01. The summed E-state index contributed by atoms with van der Waals surface area (Å²) in [7, 11) is 1.66. The lowest BCUT2D eigenvalue weighted by Crippen LogP contribution is -2.07. The van der Waals surface area contributed by atoms with E-state index in [4.69, 9.17) is 9.15 Å². The number of hydrogen-bond donors (Lipinski definition) is 1. The topological polar surface area (TPSA) is 55.2 Å². The number of para-hydroxylation sites is 1. The van der Waals surface area contributed by atoms with E-state index >= 15 is 0 Å². The summed E-state index contributed by atoms with van der Waals surface area (Å²) in [5.74, 6) is 0.851. The van der Waals surface area contributed by atoms with E-state index in [1.807, 2.05) is 18.2 Å². The summed E-state index contributed by atoms with van der Waals surface area (Å²) in [5, 5.41) is 2.12. The summed E-state index contributed by atoms with van der Waals surface area (Å²) in [6.45, 7) is 6.48. The fourth-order valence-electron chi connectivity index (χ4n) is 5.09. The van der Waals surface area contributed by atoms with Crippen LogP contribution in [0.15, 0.2) is 81.0 Å². The second kappa shape index (κ2) is 7.86. The van der Waals surface area contributed by atoms with Gasteiger partial charge >= 0.3 is 5.63 Å². The molecule has 4 heteroatoms. The normalized spacial score (nSPS) is 18.2. The number of fused-ring (bicyclic) bond motifs is 4. The Hall–Kier alpha value is -3.53. The molecule has 2 atom stereocenters. The quantitative estimate of drug-likeness (QED) is 0.290. The van der Waals surface area contributed by atoms with Crippen LogP contribution in [0.2, 0.25) is 0 Å². The summed E-state index contributed by atoms with van der Waals surface area (Å²) in [4.78, 5) is 15.9. The number of aromatic amines is 1. The number of aromatic nitrogens is 1. The first kappa shape index (κ1) is 20.4. The molecular weight excluding hydrogens is 398 g/mol. The summed E-state index contributed by atoms with van der Waals surface area (Å²) in [5.41, 5.74) is 7.24. The predicted molar refractivity (Wildman–Crippen MR) is 130 cm³/mol. The van der Waals surface area contributed by atoms with Gasteiger partial charge in [-0.2, -0.15) is 0 Å². The molecule has 1 aliphatic carbocycles. The molecule has 2 heterocycles. The molecule has 0 fully saturated rings. The molecule has 4 nitrogen and oxygen atoms in total. The van der Waals surface area contributed by atoms with Crippen LogP contribution in [-0.2, 0) is 0 Å². The van der Waals surface area contributed by atoms with Crippen LogP contribution in [0.3, 0.4) is 0 Å². The van der Waals surface area contributed by atoms with Gasteiger partial charge in [-0.1, -0.05) is 41.5 Å². The Bertz CT molecular complexity index is 1450. The van der Waals surface area contributed by atoms with Crippen molar-refractivity contribution in [2.45, 2.75) is 39.0 Å². The summed E-state index contributed by atoms with van der Waals surface area (Å²) in [6.07, 6.45) is 5.59. The highest BCUT2D eigenvalue weighted by Crippen LogP contribution is 2.47. The molecule has 0 saturated heterocycles. The lowest BCUT2D eigenvalue weighted by atomic mass is 9.87. The molecule has 2 aromatic carbocycles. The minimum atomic E-state index is -0.361. The van der Waals surface area contributed by atoms with Crippen LogP contribution in [0, 0.1) is 0 Å². The first-order valence-corrected chi connectivity index (χ1v) is 11.0. The smallest absolute Gasteiger partial charge is 0.336 e. The zero-order valence-corrected chi connectivity index (χ0v) is 18.9. The van der Waals surface area contributed by atoms with Crippen molar-refractivity contribution in [2.75, 3.05) is 7.11 Å². The molecule has 4 aromatic rings. The van der Waals surface area contributed by atoms with E-state index < -0.39 is 0 Å². The van der Waals surface area contributed by atoms with Crippen LogP contribution in [0.5, 0.6) is 5.75 Å². The molecule has 0 bridgehead atoms. The van der Waals surface area contributed by atoms with Gasteiger partial charge in [-0.25, -0.2) is 4.79 Å². The second-order valence-electron chi connectivity index (χ2n) is 8.90. The van der Waals surface area contributed by atoms with Crippen LogP contribution >= 0.6 is 0 Å². The maximum absolute atomic E-state index is 12.2. The van der Waals surface area contributed by atoms with E-state index in [2.05, 4.69) is 62.2 Å². The minimum absolute atomic E-state index is 0.128. The molecule has 0 aliphatic heterocycles. The maximum Gasteiger partial charge on any atom is 0.336 e. The highest BCUT2D eigenvalue weighted by Gasteiger charge is 2.31. The summed E-state index contributed by atoms with van der Waals surface area (Å²) >= 11 is 0. The van der Waals surface area contributed by atoms with Crippen molar-refractivity contribution in [1.82, 2.24) is 4.98 Å². The zero-order valence-electron chi connectivity index (χ0n) is 18.9. The van der Waals surface area contributed by atoms with Crippen molar-refractivity contribution in [3.63, 3.8) is 0 Å². The SMILES string of the molecule is COc1ccc2ccc(=O)oc2c1[C@@H]1C=C(C)C[C@H](C=C(C)C)c2c1[nH]c1ccccc21. The number of ether oxygens (including phenoxy) is 1. The molecule has 1 aliphatic rings. The van der Waals surface area contributed by atoms with Gasteiger partial charge in [0.15, 0.2) is 0 Å². The fourth-order valence-corrected chi connectivity index (χ4v) is 5.09. The molecule has 2 aromatic heterocycles. The molecule has 0 spiro atoms. The first-order valence-electron chi connectivity index (χ1n) is 11.0. The number of methoxy groups -OCH3 is 1. The largest absolute Gasteiger partial charge is 0.496 e. The number of rotatable bonds is 3. The minimum Gasteiger partial charge on any atom is -0.496 e. The molecule has 1 N–H and O–H groups in total. The number of allylic oxidation sites excluding steroid dienone is 4. The second-order valence-corrected chi connectivity index (χ2v) is 8.90. The Morgan fingerprint density at radius 1 is 1.09 bits per heavy atom. The molecule has 5 rings (SSSR count). The van der Waals surface area contributed by atoms with Gasteiger partial charge < -0.3 is 14.1 Å². The van der Waals surface area contributed by atoms with Crippen LogP contribution in [0.4, 0.5) is 0 Å². The average Bonchev–Trinajstić information content (AvgIpc) is 3.09. The Balaban J connectivity index is 1.88. The summed E-state index contributed by atoms with van der Waals surface area (Å²) < 4.78 is 11.5. The number of benzene rings is 2. The van der Waals surface area contributed by atoms with Crippen LogP contribution in [0.1, 0.15) is 55.8 Å². The van der Waals surface area contributed by atoms with Gasteiger partial charge in [0.25, 0.3) is 0 Å². The van der Waals surface area contributed by atoms with E-state index in [1.165, 1.54) is 28.2 Å². The Morgan fingerprint density at radius 3 is 2.66 bits per heavy atom. The number of hydrogen-bond acceptors (Lipinski definition) is 3. The Labute approximate surface area is 187 Å². The lowest BCUT2D eigenvalue weighted by molar-refractivity contribution is 0.408. The molecule has 0 amide bonds. The van der Waals surface area contributed by atoms with Gasteiger partial charge in [0.1, 0.15) is 11.3 Å². The van der Waals surface area contributed by atoms with Gasteiger partial charge in [-0.15, -0.1) is 0 Å². The van der Waals surface area contributed by atoms with Gasteiger partial charge in [0, 0.05) is 34.0 Å². The average molecular weight is 426 g/mol. The van der Waals surface area contributed by atoms with E-state index in [0.717, 1.165) is 28.6 Å². The van der Waals surface area contributed by atoms with E-state index in [-0.39, 0.29) is 17.5 Å². The fraction of sp³-hybridized carbons (Fsp3) is 0.250. The van der Waals surface area contributed by atoms with Crippen molar-refractivity contribution in [3.8, 4) is 5.75 Å². The maximum atomic E-state index is 12.2. The van der Waals surface area contributed by atoms with Gasteiger partial charge in [0.05, 0.1) is 18.6 Å². The lowest BCUT2D eigenvalue weighted by Gasteiger charge is -2.19. The third-order valence-corrected chi connectivity index (χ3v) is 6.31. The highest BCUT2D eigenvalue weighted by atomic mass is 16.5. The van der Waals surface area contributed by atoms with Crippen LogP contribution in [-0.4, -0.2) is 12.1 Å². The van der Waals surface area contributed by atoms with Crippen molar-refractivity contribution >= 4 is 21.9 Å². The first-order chi connectivity index (χ1) is 15.5. The number of nitrogens with one attached hydrogen (secondary N) is 1. The monoisotopic (exact) mass is 425 g/mol. The molecule has 0 radical (unpaired) electrons. The van der Waals surface area contributed by atoms with Crippen LogP contribution in [0.25, 0.3) is 21.9 Å². The molecule has 0 unspecified atom stereocenters. The molecule has 0 saturated carbocycles. The molecule has 162 valence electrons. The standard InChI is InChI=1S/C28H27NO3/c1-16(2)13-19-14-17(3)15-21(27-25(19)20-7-5-6-8-22(20)29-27)26-23(31-4)11-9-18-10-12-24(30)32-28(18)26/h5-13,15,19,21,29H,14H2,1-4H3/t19-,21-/m0/s1. The Morgan fingerprint density at radius 2 is 1.88 bits per heavy atom. The zero-order chi connectivity index (χ0) is 22.4. The van der Waals surface area contributed by atoms with Crippen molar-refractivity contribution in [1.29, 1.82) is 0 Å². The van der Waals surface area contributed by atoms with Crippen LogP contribution < -0.4 is 10.4 Å². The van der Waals surface area contributed by atoms with E-state index in [1.54, 1.807) is 7.11 Å². The molecular formula is C28H27NO3. The summed E-state index contributed by atoms with van der Waals surface area (Å²) in [6, 6.07) is 15.6. The highest BCUT2D eigenvalue weighted by molar-refractivity contribution is 5.88. The van der Waals surface area contributed by atoms with Crippen molar-refractivity contribution in [2.24, 2.45) is 0 Å². The van der Waals surface area contributed by atoms with E-state index in [9.17, 15) is 4.79 Å². The van der Waals surface area contributed by atoms with E-state index in [0.29, 0.717) is 11.3 Å². The third-order valence-electron chi connectivity index (χ3n) is 6.31. The predicted octanol–water partition coefficient (Wildman–Crippen LogP) is 6.81. The molecule has 32 heavy (non-hydrogen) atoms.